The minimum atomic E-state index is -0.0615. The van der Waals surface area contributed by atoms with Crippen LogP contribution in [0.5, 0.6) is 11.5 Å². The van der Waals surface area contributed by atoms with Gasteiger partial charge in [0.25, 0.3) is 17.2 Å². The Morgan fingerprint density at radius 2 is 1.19 bits per heavy atom. The van der Waals surface area contributed by atoms with E-state index in [9.17, 15) is 14.4 Å². The number of amides is 2. The number of nitrogens with one attached hydrogen (secondary N) is 2. The van der Waals surface area contributed by atoms with E-state index in [2.05, 4.69) is 214 Å². The molecule has 12 rings (SSSR count). The fraction of sp³-hybridized carbons (Fsp3) is 0.595. The van der Waals surface area contributed by atoms with Crippen LogP contribution in [0.2, 0.25) is 0 Å². The molecule has 96 heavy (non-hydrogen) atoms. The summed E-state index contributed by atoms with van der Waals surface area (Å²) in [6.07, 6.45) is 6.63. The first kappa shape index (κ1) is 79.9. The molecule has 4 aromatic carbocycles. The number of hydrogen-bond donors (Lipinski definition) is 2. The van der Waals surface area contributed by atoms with Crippen LogP contribution < -0.4 is 20.3 Å². The van der Waals surface area contributed by atoms with Crippen LogP contribution in [0.25, 0.3) is 22.0 Å². The highest BCUT2D eigenvalue weighted by Gasteiger charge is 2.44. The van der Waals surface area contributed by atoms with Gasteiger partial charge in [-0.3, -0.25) is 14.4 Å². The monoisotopic (exact) mass is 1310 g/mol. The van der Waals surface area contributed by atoms with Crippen LogP contribution in [0.3, 0.4) is 0 Å². The molecule has 7 unspecified atom stereocenters. The van der Waals surface area contributed by atoms with Crippen molar-refractivity contribution in [2.75, 3.05) is 25.7 Å². The zero-order valence-electron chi connectivity index (χ0n) is 65.2. The minimum Gasteiger partial charge on any atom is -0.454 e. The van der Waals surface area contributed by atoms with Crippen molar-refractivity contribution in [3.8, 4) is 11.5 Å². The first-order valence-corrected chi connectivity index (χ1v) is 35.8. The largest absolute Gasteiger partial charge is 0.454 e. The van der Waals surface area contributed by atoms with Crippen LogP contribution in [0, 0.1) is 80.5 Å². The normalized spacial score (nSPS) is 20.3. The van der Waals surface area contributed by atoms with Gasteiger partial charge in [0.2, 0.25) is 12.7 Å². The summed E-state index contributed by atoms with van der Waals surface area (Å²) in [5.41, 5.74) is 14.9. The van der Waals surface area contributed by atoms with Gasteiger partial charge in [0.05, 0.1) is 22.0 Å². The number of para-hydroxylation sites is 1. The Kier molecular flexibility index (Phi) is 26.8. The molecule has 12 heteroatoms. The summed E-state index contributed by atoms with van der Waals surface area (Å²) in [7, 11) is 1.89. The third-order valence-corrected chi connectivity index (χ3v) is 19.8. The van der Waals surface area contributed by atoms with E-state index < -0.39 is 0 Å². The van der Waals surface area contributed by atoms with Crippen molar-refractivity contribution in [1.29, 1.82) is 0 Å². The van der Waals surface area contributed by atoms with Gasteiger partial charge in [0.1, 0.15) is 5.82 Å². The lowest BCUT2D eigenvalue weighted by Crippen LogP contribution is -2.41. The first-order chi connectivity index (χ1) is 44.4. The van der Waals surface area contributed by atoms with Crippen molar-refractivity contribution < 1.29 is 23.6 Å². The Morgan fingerprint density at radius 3 is 1.78 bits per heavy atom. The van der Waals surface area contributed by atoms with Crippen molar-refractivity contribution in [3.05, 3.63) is 151 Å². The highest BCUT2D eigenvalue weighted by atomic mass is 16.7. The van der Waals surface area contributed by atoms with Crippen LogP contribution in [0.1, 0.15) is 277 Å². The number of likely N-dealkylation sites (N-methyl/N-ethyl adjacent to an activating group) is 1. The van der Waals surface area contributed by atoms with Gasteiger partial charge in [0.15, 0.2) is 11.5 Å². The van der Waals surface area contributed by atoms with Crippen molar-refractivity contribution >= 4 is 39.5 Å². The lowest BCUT2D eigenvalue weighted by molar-refractivity contribution is -0.117. The molecule has 2 saturated carbocycles. The summed E-state index contributed by atoms with van der Waals surface area (Å²) in [5, 5.41) is 8.69. The molecule has 0 saturated heterocycles. The number of nitrogens with zero attached hydrogens (tertiary/aromatic N) is 4. The number of pyridine rings is 1. The predicted octanol–water partition coefficient (Wildman–Crippen LogP) is 21.8. The highest BCUT2D eigenvalue weighted by Crippen LogP contribution is 2.53. The molecule has 7 aromatic rings. The van der Waals surface area contributed by atoms with Gasteiger partial charge >= 0.3 is 0 Å². The molecular weight excluding hydrogens is 1190 g/mol. The van der Waals surface area contributed by atoms with E-state index >= 15 is 0 Å². The molecule has 528 valence electrons. The summed E-state index contributed by atoms with van der Waals surface area (Å²) in [6.45, 7) is 64.2. The minimum absolute atomic E-state index is 0.00720. The lowest BCUT2D eigenvalue weighted by atomic mass is 9.63. The Morgan fingerprint density at radius 1 is 0.583 bits per heavy atom. The van der Waals surface area contributed by atoms with Gasteiger partial charge in [-0.05, 0) is 204 Å². The second-order valence-corrected chi connectivity index (χ2v) is 33.8. The zero-order valence-corrected chi connectivity index (χ0v) is 65.2. The van der Waals surface area contributed by atoms with E-state index in [-0.39, 0.29) is 44.4 Å². The fourth-order valence-corrected chi connectivity index (χ4v) is 14.2. The number of aromatic amines is 1. The second kappa shape index (κ2) is 32.2. The molecule has 0 radical (unpaired) electrons. The molecule has 2 N–H and O–H groups in total. The average molecular weight is 1320 g/mol. The molecule has 2 fully saturated rings. The molecule has 3 aromatic heterocycles. The highest BCUT2D eigenvalue weighted by molar-refractivity contribution is 5.97. The number of aryl methyl sites for hydroxylation is 5. The van der Waals surface area contributed by atoms with Gasteiger partial charge < -0.3 is 29.2 Å². The predicted molar refractivity (Wildman–Crippen MR) is 403 cm³/mol. The Balaban J connectivity index is 0.000000206. The van der Waals surface area contributed by atoms with Crippen LogP contribution >= 0.6 is 0 Å². The van der Waals surface area contributed by atoms with Gasteiger partial charge in [-0.1, -0.05) is 214 Å². The van der Waals surface area contributed by atoms with Gasteiger partial charge in [-0.2, -0.15) is 0 Å². The maximum absolute atomic E-state index is 12.0. The van der Waals surface area contributed by atoms with Crippen LogP contribution in [-0.2, 0) is 21.0 Å². The van der Waals surface area contributed by atoms with E-state index in [0.717, 1.165) is 86.7 Å². The van der Waals surface area contributed by atoms with Crippen molar-refractivity contribution in [3.63, 3.8) is 0 Å². The van der Waals surface area contributed by atoms with Crippen LogP contribution in [0.15, 0.2) is 88.2 Å². The third-order valence-electron chi connectivity index (χ3n) is 19.8. The number of ether oxygens (including phenoxy) is 2. The van der Waals surface area contributed by atoms with E-state index in [0.29, 0.717) is 47.4 Å². The quantitative estimate of drug-likeness (QED) is 0.151. The van der Waals surface area contributed by atoms with Crippen molar-refractivity contribution in [2.24, 2.45) is 45.8 Å². The molecule has 0 spiro atoms. The topological polar surface area (TPSA) is 153 Å². The van der Waals surface area contributed by atoms with Crippen molar-refractivity contribution in [2.45, 2.75) is 261 Å². The summed E-state index contributed by atoms with van der Waals surface area (Å²) in [5.74, 6) is 8.49. The van der Waals surface area contributed by atoms with Gasteiger partial charge in [-0.25, -0.2) is 9.97 Å². The van der Waals surface area contributed by atoms with Crippen LogP contribution in [-0.4, -0.2) is 57.2 Å². The molecule has 6 heterocycles. The molecule has 2 aliphatic carbocycles. The fourth-order valence-electron chi connectivity index (χ4n) is 14.2. The van der Waals surface area contributed by atoms with Gasteiger partial charge in [-0.15, -0.1) is 0 Å². The van der Waals surface area contributed by atoms with Crippen LogP contribution in [0.4, 0.5) is 5.69 Å². The number of carbonyl (C=O) groups excluding carboxylic acids is 2. The van der Waals surface area contributed by atoms with E-state index in [1.807, 2.05) is 96.0 Å². The summed E-state index contributed by atoms with van der Waals surface area (Å²) in [6, 6.07) is 26.3. The summed E-state index contributed by atoms with van der Waals surface area (Å²) >= 11 is 0. The Hall–Kier alpha value is -6.82. The maximum Gasteiger partial charge on any atom is 0.258 e. The zero-order chi connectivity index (χ0) is 72.5. The average Bonchev–Trinajstić information content (AvgIpc) is 1.08. The molecule has 5 aliphatic rings. The molecule has 3 aliphatic heterocycles. The number of rotatable bonds is 0. The number of aromatic nitrogens is 4. The first-order valence-electron chi connectivity index (χ1n) is 35.8. The lowest BCUT2D eigenvalue weighted by Gasteiger charge is -2.43. The smallest absolute Gasteiger partial charge is 0.258 e. The van der Waals surface area contributed by atoms with E-state index in [1.54, 1.807) is 6.92 Å². The number of H-pyrrole nitrogens is 1. The number of anilines is 1. The van der Waals surface area contributed by atoms with E-state index in [4.69, 9.17) is 14.0 Å². The van der Waals surface area contributed by atoms with E-state index in [1.165, 1.54) is 59.1 Å². The molecular formula is C84H126N6O6. The van der Waals surface area contributed by atoms with Gasteiger partial charge in [0, 0.05) is 42.9 Å². The number of benzene rings is 4. The standard InChI is InChI=1S/C15H21NO.C15H28.C14H19NO.C13H16N2O.C12H16N2O.C11H14O2.2C2H6/c1-9-6-11-12(15(3,4)5)8-14(17)16-13(11)7-10(9)2;1-10-6-12-9-13(15(3,4)5)8-11(2)14(12)7-10;1-14(2,3)12-9-15(4)13(16)11-8-6-5-7-10(11)12;1-8-14-11-9(12(16)15-8)6-5-7-10(11)13(2,3)4;1-7-6-9(12(3,4)5)10-8(2)14-15-11(10)13-7;1-11(2,3)8-4-5-9-10(6-8)13-7-12-9;2*1-2/h6-7,12H,8H2,1-5H3,(H,16,17);10-14H,6-9H2,1-5H3;5-8,12H,9H2,1-4H3;5-7H,1-4H3,(H,14,15,16);6H,1-5H3;4-6H,7H2,1-3H3;2*1-2H3. The second-order valence-electron chi connectivity index (χ2n) is 33.8. The number of hydrogen-bond acceptors (Lipinski definition) is 9. The Labute approximate surface area is 580 Å². The number of carbonyl (C=O) groups is 2. The molecule has 7 atom stereocenters. The molecule has 2 amide bonds. The maximum atomic E-state index is 12.0. The molecule has 0 bridgehead atoms. The number of fused-ring (bicyclic) bond motifs is 6. The SMILES string of the molecule is CC.CC.CC(C)(C)c1ccc2c(c1)OCO2.CC1CC2CC(C(C)(C)C)CC(C)C2C1.CN1CC(C(C)(C)C)c2ccccc2C1=O.Cc1cc(C(C)(C)C)c2c(C)noc2n1.Cc1cc2c(cc1C)C(C(C)(C)C)CC(=O)N2.Cc1nc2c(C(C)(C)C)cccc2c(=O)[nH]1. The molecule has 12 nitrogen and oxygen atoms in total. The summed E-state index contributed by atoms with van der Waals surface area (Å²) < 4.78 is 15.8. The third kappa shape index (κ3) is 20.4. The Bertz CT molecular complexity index is 3790. The van der Waals surface area contributed by atoms with Crippen molar-refractivity contribution in [1.82, 2.24) is 25.0 Å². The summed E-state index contributed by atoms with van der Waals surface area (Å²) in [4.78, 5) is 48.9.